The smallest absolute Gasteiger partial charge is 0.258 e. The first-order valence-corrected chi connectivity index (χ1v) is 4.67. The van der Waals surface area contributed by atoms with Gasteiger partial charge in [0.05, 0.1) is 11.0 Å². The molecule has 0 heterocycles. The predicted molar refractivity (Wildman–Crippen MR) is 56.5 cm³/mol. The summed E-state index contributed by atoms with van der Waals surface area (Å²) in [5, 5.41) is 19.2. The van der Waals surface area contributed by atoms with Crippen molar-refractivity contribution >= 4 is 5.69 Å². The summed E-state index contributed by atoms with van der Waals surface area (Å²) in [6.07, 6.45) is 1.09. The zero-order chi connectivity index (χ0) is 11.4. The van der Waals surface area contributed by atoms with Crippen molar-refractivity contribution < 1.29 is 4.92 Å². The topological polar surface area (TPSA) is 66.9 Å². The largest absolute Gasteiger partial charge is 0.275 e. The van der Waals surface area contributed by atoms with Crippen LogP contribution in [0, 0.1) is 35.3 Å². The van der Waals surface area contributed by atoms with Gasteiger partial charge in [-0.1, -0.05) is 0 Å². The van der Waals surface area contributed by atoms with Crippen LogP contribution in [-0.2, 0) is 6.42 Å². The maximum atomic E-state index is 10.7. The fourth-order valence-corrected chi connectivity index (χ4v) is 1.68. The minimum atomic E-state index is -0.362. The van der Waals surface area contributed by atoms with E-state index in [-0.39, 0.29) is 10.6 Å². The van der Waals surface area contributed by atoms with Gasteiger partial charge >= 0.3 is 0 Å². The maximum absolute atomic E-state index is 10.7. The van der Waals surface area contributed by atoms with Crippen LogP contribution >= 0.6 is 0 Å². The second kappa shape index (κ2) is 4.56. The molecule has 0 bridgehead atoms. The molecule has 0 radical (unpaired) electrons. The SMILES string of the molecule is Cc1cc(CCC#N)cc(C)c1[N+](=O)[O-]. The third-order valence-corrected chi connectivity index (χ3v) is 2.26. The molecule has 1 aromatic rings. The van der Waals surface area contributed by atoms with E-state index < -0.39 is 0 Å². The first-order valence-electron chi connectivity index (χ1n) is 4.67. The van der Waals surface area contributed by atoms with E-state index in [2.05, 4.69) is 6.07 Å². The van der Waals surface area contributed by atoms with Crippen LogP contribution in [0.5, 0.6) is 0 Å². The van der Waals surface area contributed by atoms with E-state index in [1.807, 2.05) is 0 Å². The number of hydrogen-bond donors (Lipinski definition) is 0. The zero-order valence-corrected chi connectivity index (χ0v) is 8.78. The van der Waals surface area contributed by atoms with E-state index in [0.717, 1.165) is 5.56 Å². The number of nitro benzene ring substituents is 1. The molecular formula is C11H12N2O2. The lowest BCUT2D eigenvalue weighted by Crippen LogP contribution is -1.97. The molecule has 0 spiro atoms. The van der Waals surface area contributed by atoms with E-state index in [9.17, 15) is 10.1 Å². The van der Waals surface area contributed by atoms with Crippen molar-refractivity contribution in [2.45, 2.75) is 26.7 Å². The highest BCUT2D eigenvalue weighted by Crippen LogP contribution is 2.24. The van der Waals surface area contributed by atoms with E-state index >= 15 is 0 Å². The summed E-state index contributed by atoms with van der Waals surface area (Å²) in [6.45, 7) is 3.45. The number of nitriles is 1. The summed E-state index contributed by atoms with van der Waals surface area (Å²) in [7, 11) is 0. The molecule has 4 nitrogen and oxygen atoms in total. The first kappa shape index (κ1) is 11.2. The first-order chi connectivity index (χ1) is 7.06. The molecule has 0 aromatic heterocycles. The van der Waals surface area contributed by atoms with Crippen LogP contribution in [0.1, 0.15) is 23.1 Å². The van der Waals surface area contributed by atoms with Gasteiger partial charge in [-0.05, 0) is 38.0 Å². The molecule has 1 rings (SSSR count). The molecule has 15 heavy (non-hydrogen) atoms. The Bertz CT molecular complexity index is 410. The van der Waals surface area contributed by atoms with Crippen LogP contribution < -0.4 is 0 Å². The van der Waals surface area contributed by atoms with Gasteiger partial charge in [0.2, 0.25) is 0 Å². The summed E-state index contributed by atoms with van der Waals surface area (Å²) in [5.41, 5.74) is 2.48. The Hall–Kier alpha value is -1.89. The van der Waals surface area contributed by atoms with Crippen LogP contribution in [0.4, 0.5) is 5.69 Å². The van der Waals surface area contributed by atoms with Crippen LogP contribution in [-0.4, -0.2) is 4.92 Å². The fourth-order valence-electron chi connectivity index (χ4n) is 1.68. The summed E-state index contributed by atoms with van der Waals surface area (Å²) in [6, 6.07) is 5.62. The quantitative estimate of drug-likeness (QED) is 0.561. The Labute approximate surface area is 88.3 Å². The molecule has 0 N–H and O–H groups in total. The summed E-state index contributed by atoms with van der Waals surface area (Å²) >= 11 is 0. The Balaban J connectivity index is 3.09. The predicted octanol–water partition coefficient (Wildman–Crippen LogP) is 2.67. The van der Waals surface area contributed by atoms with Gasteiger partial charge in [0.25, 0.3) is 5.69 Å². The molecule has 0 atom stereocenters. The molecular weight excluding hydrogens is 192 g/mol. The van der Waals surface area contributed by atoms with E-state index in [0.29, 0.717) is 24.0 Å². The van der Waals surface area contributed by atoms with Gasteiger partial charge in [0, 0.05) is 17.5 Å². The van der Waals surface area contributed by atoms with Crippen molar-refractivity contribution in [1.29, 1.82) is 5.26 Å². The lowest BCUT2D eigenvalue weighted by atomic mass is 10.0. The second-order valence-corrected chi connectivity index (χ2v) is 3.49. The van der Waals surface area contributed by atoms with E-state index in [4.69, 9.17) is 5.26 Å². The highest BCUT2D eigenvalue weighted by atomic mass is 16.6. The number of hydrogen-bond acceptors (Lipinski definition) is 3. The van der Waals surface area contributed by atoms with Gasteiger partial charge in [-0.15, -0.1) is 0 Å². The average molecular weight is 204 g/mol. The van der Waals surface area contributed by atoms with Crippen LogP contribution in [0.25, 0.3) is 0 Å². The van der Waals surface area contributed by atoms with Gasteiger partial charge in [-0.2, -0.15) is 5.26 Å². The van der Waals surface area contributed by atoms with Crippen molar-refractivity contribution in [2.24, 2.45) is 0 Å². The molecule has 0 aliphatic heterocycles. The van der Waals surface area contributed by atoms with Crippen molar-refractivity contribution in [3.8, 4) is 6.07 Å². The van der Waals surface area contributed by atoms with E-state index in [1.165, 1.54) is 0 Å². The van der Waals surface area contributed by atoms with Crippen molar-refractivity contribution in [1.82, 2.24) is 0 Å². The molecule has 1 aromatic carbocycles. The number of aryl methyl sites for hydroxylation is 3. The third kappa shape index (κ3) is 2.53. The highest BCUT2D eigenvalue weighted by Gasteiger charge is 2.14. The lowest BCUT2D eigenvalue weighted by Gasteiger charge is -2.04. The van der Waals surface area contributed by atoms with Gasteiger partial charge in [-0.3, -0.25) is 10.1 Å². The minimum Gasteiger partial charge on any atom is -0.258 e. The Morgan fingerprint density at radius 2 is 1.93 bits per heavy atom. The maximum Gasteiger partial charge on any atom is 0.275 e. The molecule has 0 aliphatic rings. The molecule has 0 amide bonds. The molecule has 4 heteroatoms. The molecule has 0 saturated heterocycles. The van der Waals surface area contributed by atoms with E-state index in [1.54, 1.807) is 26.0 Å². The monoisotopic (exact) mass is 204 g/mol. The standard InChI is InChI=1S/C11H12N2O2/c1-8-6-10(4-3-5-12)7-9(2)11(8)13(14)15/h6-7H,3-4H2,1-2H3. The molecule has 78 valence electrons. The summed E-state index contributed by atoms with van der Waals surface area (Å²) in [5.74, 6) is 0. The second-order valence-electron chi connectivity index (χ2n) is 3.49. The third-order valence-electron chi connectivity index (χ3n) is 2.26. The normalized spacial score (nSPS) is 9.67. The number of nitro groups is 1. The molecule has 0 unspecified atom stereocenters. The van der Waals surface area contributed by atoms with Gasteiger partial charge in [-0.25, -0.2) is 0 Å². The van der Waals surface area contributed by atoms with Crippen molar-refractivity contribution in [2.75, 3.05) is 0 Å². The number of rotatable bonds is 3. The van der Waals surface area contributed by atoms with Crippen LogP contribution in [0.15, 0.2) is 12.1 Å². The van der Waals surface area contributed by atoms with Crippen LogP contribution in [0.2, 0.25) is 0 Å². The molecule has 0 fully saturated rings. The Kier molecular flexibility index (Phi) is 3.40. The van der Waals surface area contributed by atoms with Gasteiger partial charge in [0.1, 0.15) is 0 Å². The number of benzene rings is 1. The summed E-state index contributed by atoms with van der Waals surface area (Å²) < 4.78 is 0. The minimum absolute atomic E-state index is 0.177. The highest BCUT2D eigenvalue weighted by molar-refractivity contribution is 5.48. The van der Waals surface area contributed by atoms with Crippen molar-refractivity contribution in [3.05, 3.63) is 38.9 Å². The zero-order valence-electron chi connectivity index (χ0n) is 8.78. The van der Waals surface area contributed by atoms with Crippen LogP contribution in [0.3, 0.4) is 0 Å². The Morgan fingerprint density at radius 3 is 2.33 bits per heavy atom. The van der Waals surface area contributed by atoms with Gasteiger partial charge < -0.3 is 0 Å². The molecule has 0 saturated carbocycles. The fraction of sp³-hybridized carbons (Fsp3) is 0.364. The summed E-state index contributed by atoms with van der Waals surface area (Å²) in [4.78, 5) is 10.4. The van der Waals surface area contributed by atoms with Crippen molar-refractivity contribution in [3.63, 3.8) is 0 Å². The van der Waals surface area contributed by atoms with Gasteiger partial charge in [0.15, 0.2) is 0 Å². The molecule has 0 aliphatic carbocycles. The number of nitrogens with zero attached hydrogens (tertiary/aromatic N) is 2. The average Bonchev–Trinajstić information content (AvgIpc) is 2.12. The lowest BCUT2D eigenvalue weighted by molar-refractivity contribution is -0.386. The Morgan fingerprint density at radius 1 is 1.40 bits per heavy atom.